The van der Waals surface area contributed by atoms with Crippen LogP contribution in [0, 0.1) is 0 Å². The van der Waals surface area contributed by atoms with E-state index in [4.69, 9.17) is 20.8 Å². The van der Waals surface area contributed by atoms with E-state index in [2.05, 4.69) is 10.3 Å². The SMILES string of the molecule is C[C@@H](NC(=O)COC(=O)CSc1nc2ccccc2o1)c1ccc(Cl)cc1. The number of esters is 1. The third kappa shape index (κ3) is 5.48. The van der Waals surface area contributed by atoms with Crippen LogP contribution >= 0.6 is 23.4 Å². The summed E-state index contributed by atoms with van der Waals surface area (Å²) >= 11 is 6.97. The van der Waals surface area contributed by atoms with E-state index in [-0.39, 0.29) is 24.3 Å². The summed E-state index contributed by atoms with van der Waals surface area (Å²) in [6.07, 6.45) is 0. The molecule has 0 spiro atoms. The number of benzene rings is 2. The lowest BCUT2D eigenvalue weighted by atomic mass is 10.1. The summed E-state index contributed by atoms with van der Waals surface area (Å²) in [4.78, 5) is 28.0. The van der Waals surface area contributed by atoms with E-state index in [0.717, 1.165) is 22.8 Å². The van der Waals surface area contributed by atoms with Crippen molar-refractivity contribution >= 4 is 46.3 Å². The summed E-state index contributed by atoms with van der Waals surface area (Å²) in [5, 5.41) is 3.78. The Balaban J connectivity index is 1.41. The van der Waals surface area contributed by atoms with Crippen molar-refractivity contribution in [3.05, 3.63) is 59.1 Å². The Morgan fingerprint density at radius 2 is 1.96 bits per heavy atom. The average Bonchev–Trinajstić information content (AvgIpc) is 3.08. The Morgan fingerprint density at radius 3 is 2.70 bits per heavy atom. The van der Waals surface area contributed by atoms with Crippen LogP contribution in [0.3, 0.4) is 0 Å². The topological polar surface area (TPSA) is 81.4 Å². The first-order chi connectivity index (χ1) is 13.0. The molecule has 0 fully saturated rings. The van der Waals surface area contributed by atoms with Crippen LogP contribution in [0.4, 0.5) is 0 Å². The van der Waals surface area contributed by atoms with Gasteiger partial charge in [0, 0.05) is 5.02 Å². The lowest BCUT2D eigenvalue weighted by molar-refractivity contribution is -0.146. The molecule has 0 bridgehead atoms. The fraction of sp³-hybridized carbons (Fsp3) is 0.211. The van der Waals surface area contributed by atoms with E-state index in [1.807, 2.05) is 37.3 Å². The molecule has 6 nitrogen and oxygen atoms in total. The van der Waals surface area contributed by atoms with Gasteiger partial charge in [-0.2, -0.15) is 0 Å². The predicted octanol–water partition coefficient (Wildman–Crippen LogP) is 3.99. The van der Waals surface area contributed by atoms with Gasteiger partial charge in [-0.25, -0.2) is 4.98 Å². The number of fused-ring (bicyclic) bond motifs is 1. The summed E-state index contributed by atoms with van der Waals surface area (Å²) in [6, 6.07) is 14.3. The van der Waals surface area contributed by atoms with Gasteiger partial charge in [-0.1, -0.05) is 47.6 Å². The summed E-state index contributed by atoms with van der Waals surface area (Å²) < 4.78 is 10.5. The second kappa shape index (κ2) is 8.92. The number of halogens is 1. The number of hydrogen-bond acceptors (Lipinski definition) is 6. The lowest BCUT2D eigenvalue weighted by Crippen LogP contribution is -2.31. The highest BCUT2D eigenvalue weighted by molar-refractivity contribution is 7.99. The molecule has 0 saturated heterocycles. The molecule has 1 N–H and O–H groups in total. The maximum Gasteiger partial charge on any atom is 0.316 e. The van der Waals surface area contributed by atoms with Crippen LogP contribution in [0.1, 0.15) is 18.5 Å². The Bertz CT molecular complexity index is 909. The molecule has 1 amide bonds. The number of oxazole rings is 1. The number of para-hydroxylation sites is 2. The van der Waals surface area contributed by atoms with Crippen LogP contribution in [0.5, 0.6) is 0 Å². The number of thioether (sulfide) groups is 1. The molecule has 3 aromatic rings. The van der Waals surface area contributed by atoms with E-state index >= 15 is 0 Å². The van der Waals surface area contributed by atoms with Crippen molar-refractivity contribution in [2.24, 2.45) is 0 Å². The van der Waals surface area contributed by atoms with Crippen LogP contribution in [-0.2, 0) is 14.3 Å². The number of carbonyl (C=O) groups is 2. The van der Waals surface area contributed by atoms with E-state index in [1.54, 1.807) is 18.2 Å². The maximum atomic E-state index is 11.9. The lowest BCUT2D eigenvalue weighted by Gasteiger charge is -2.14. The monoisotopic (exact) mass is 404 g/mol. The van der Waals surface area contributed by atoms with Gasteiger partial charge in [0.25, 0.3) is 11.1 Å². The molecule has 0 unspecified atom stereocenters. The molecule has 2 aromatic carbocycles. The molecular formula is C19H17ClN2O4S. The van der Waals surface area contributed by atoms with Gasteiger partial charge in [-0.05, 0) is 36.8 Å². The summed E-state index contributed by atoms with van der Waals surface area (Å²) in [5.74, 6) is -0.887. The van der Waals surface area contributed by atoms with Gasteiger partial charge in [-0.3, -0.25) is 9.59 Å². The molecule has 0 saturated carbocycles. The smallest absolute Gasteiger partial charge is 0.316 e. The van der Waals surface area contributed by atoms with E-state index in [0.29, 0.717) is 15.8 Å². The molecule has 140 valence electrons. The van der Waals surface area contributed by atoms with Crippen molar-refractivity contribution < 1.29 is 18.7 Å². The largest absolute Gasteiger partial charge is 0.455 e. The minimum absolute atomic E-state index is 0.00679. The number of ether oxygens (including phenoxy) is 1. The zero-order chi connectivity index (χ0) is 19.2. The van der Waals surface area contributed by atoms with Crippen molar-refractivity contribution in [3.63, 3.8) is 0 Å². The van der Waals surface area contributed by atoms with Crippen molar-refractivity contribution in [2.75, 3.05) is 12.4 Å². The Morgan fingerprint density at radius 1 is 1.22 bits per heavy atom. The van der Waals surface area contributed by atoms with Gasteiger partial charge in [0.15, 0.2) is 12.2 Å². The number of amides is 1. The van der Waals surface area contributed by atoms with Gasteiger partial charge in [-0.15, -0.1) is 0 Å². The number of carbonyl (C=O) groups excluding carboxylic acids is 2. The number of nitrogens with zero attached hydrogens (tertiary/aromatic N) is 1. The molecule has 27 heavy (non-hydrogen) atoms. The van der Waals surface area contributed by atoms with Crippen molar-refractivity contribution in [1.82, 2.24) is 10.3 Å². The molecular weight excluding hydrogens is 388 g/mol. The Hall–Kier alpha value is -2.51. The molecule has 0 aliphatic carbocycles. The second-order valence-corrected chi connectivity index (χ2v) is 7.10. The van der Waals surface area contributed by atoms with Crippen molar-refractivity contribution in [1.29, 1.82) is 0 Å². The minimum atomic E-state index is -0.517. The van der Waals surface area contributed by atoms with Crippen LogP contribution < -0.4 is 5.32 Å². The van der Waals surface area contributed by atoms with E-state index < -0.39 is 5.97 Å². The highest BCUT2D eigenvalue weighted by atomic mass is 35.5. The zero-order valence-corrected chi connectivity index (χ0v) is 16.0. The van der Waals surface area contributed by atoms with Gasteiger partial charge in [0.2, 0.25) is 0 Å². The highest BCUT2D eigenvalue weighted by Gasteiger charge is 2.14. The fourth-order valence-electron chi connectivity index (χ4n) is 2.34. The van der Waals surface area contributed by atoms with Gasteiger partial charge in [0.05, 0.1) is 6.04 Å². The van der Waals surface area contributed by atoms with Crippen LogP contribution in [0.2, 0.25) is 5.02 Å². The summed E-state index contributed by atoms with van der Waals surface area (Å²) in [7, 11) is 0. The normalized spacial score (nSPS) is 11.9. The minimum Gasteiger partial charge on any atom is -0.455 e. The number of nitrogens with one attached hydrogen (secondary N) is 1. The van der Waals surface area contributed by atoms with Crippen molar-refractivity contribution in [2.45, 2.75) is 18.2 Å². The van der Waals surface area contributed by atoms with Crippen LogP contribution in [0.15, 0.2) is 58.2 Å². The van der Waals surface area contributed by atoms with Crippen LogP contribution in [0.25, 0.3) is 11.1 Å². The first-order valence-electron chi connectivity index (χ1n) is 8.20. The molecule has 0 aliphatic heterocycles. The van der Waals surface area contributed by atoms with Gasteiger partial charge >= 0.3 is 5.97 Å². The Labute approximate surface area is 165 Å². The molecule has 0 aliphatic rings. The molecule has 1 heterocycles. The number of aromatic nitrogens is 1. The fourth-order valence-corrected chi connectivity index (χ4v) is 3.10. The molecule has 3 rings (SSSR count). The van der Waals surface area contributed by atoms with E-state index in [1.165, 1.54) is 0 Å². The first kappa shape index (κ1) is 19.3. The highest BCUT2D eigenvalue weighted by Crippen LogP contribution is 2.23. The molecule has 1 atom stereocenters. The second-order valence-electron chi connectivity index (χ2n) is 5.74. The van der Waals surface area contributed by atoms with Crippen molar-refractivity contribution in [3.8, 4) is 0 Å². The van der Waals surface area contributed by atoms with Gasteiger partial charge < -0.3 is 14.5 Å². The van der Waals surface area contributed by atoms with Gasteiger partial charge in [0.1, 0.15) is 11.3 Å². The molecule has 0 radical (unpaired) electrons. The Kier molecular flexibility index (Phi) is 6.36. The molecule has 1 aromatic heterocycles. The zero-order valence-electron chi connectivity index (χ0n) is 14.5. The number of rotatable bonds is 7. The summed E-state index contributed by atoms with van der Waals surface area (Å²) in [5.41, 5.74) is 2.29. The standard InChI is InChI=1S/C19H17ClN2O4S/c1-12(13-6-8-14(20)9-7-13)21-17(23)10-25-18(24)11-27-19-22-15-4-2-3-5-16(15)26-19/h2-9,12H,10-11H2,1H3,(H,21,23)/t12-/m1/s1. The van der Waals surface area contributed by atoms with E-state index in [9.17, 15) is 9.59 Å². The average molecular weight is 405 g/mol. The van der Waals surface area contributed by atoms with Crippen LogP contribution in [-0.4, -0.2) is 29.2 Å². The summed E-state index contributed by atoms with van der Waals surface area (Å²) in [6.45, 7) is 1.50. The third-order valence-corrected chi connectivity index (χ3v) is 4.75. The molecule has 8 heteroatoms. The maximum absolute atomic E-state index is 11.9. The quantitative estimate of drug-likeness (QED) is 0.473. The predicted molar refractivity (Wildman–Crippen MR) is 104 cm³/mol. The first-order valence-corrected chi connectivity index (χ1v) is 9.56. The number of hydrogen-bond donors (Lipinski definition) is 1. The third-order valence-electron chi connectivity index (χ3n) is 3.70.